The van der Waals surface area contributed by atoms with Crippen LogP contribution >= 0.6 is 15.9 Å². The Hall–Kier alpha value is -1.43. The Labute approximate surface area is 107 Å². The molecule has 1 rings (SSSR count). The molecule has 6 heteroatoms. The van der Waals surface area contributed by atoms with Gasteiger partial charge < -0.3 is 9.64 Å². The SMILES string of the molecule is COC(=O)c1c(F)cc(Br)cc1/N=C/N(C)C. The van der Waals surface area contributed by atoms with Crippen molar-refractivity contribution in [3.05, 3.63) is 28.0 Å². The lowest BCUT2D eigenvalue weighted by Crippen LogP contribution is -2.09. The van der Waals surface area contributed by atoms with Gasteiger partial charge in [0, 0.05) is 18.6 Å². The van der Waals surface area contributed by atoms with Gasteiger partial charge >= 0.3 is 5.97 Å². The van der Waals surface area contributed by atoms with Crippen molar-refractivity contribution in [2.45, 2.75) is 0 Å². The number of aliphatic imine (C=N–C) groups is 1. The summed E-state index contributed by atoms with van der Waals surface area (Å²) < 4.78 is 18.7. The number of benzene rings is 1. The molecule has 1 aromatic carbocycles. The largest absolute Gasteiger partial charge is 0.465 e. The van der Waals surface area contributed by atoms with E-state index in [0.29, 0.717) is 4.47 Å². The van der Waals surface area contributed by atoms with Crippen LogP contribution in [0.2, 0.25) is 0 Å². The lowest BCUT2D eigenvalue weighted by Gasteiger charge is -2.07. The Morgan fingerprint density at radius 2 is 2.18 bits per heavy atom. The number of hydrogen-bond donors (Lipinski definition) is 0. The molecule has 0 aromatic heterocycles. The van der Waals surface area contributed by atoms with E-state index in [-0.39, 0.29) is 11.3 Å². The van der Waals surface area contributed by atoms with Crippen molar-refractivity contribution in [2.75, 3.05) is 21.2 Å². The van der Waals surface area contributed by atoms with Gasteiger partial charge in [0.15, 0.2) is 0 Å². The lowest BCUT2D eigenvalue weighted by molar-refractivity contribution is 0.0596. The number of esters is 1. The smallest absolute Gasteiger partial charge is 0.343 e. The molecule has 0 saturated carbocycles. The maximum atomic E-state index is 13.7. The summed E-state index contributed by atoms with van der Waals surface area (Å²) in [5.41, 5.74) is 0.0474. The van der Waals surface area contributed by atoms with Gasteiger partial charge in [-0.05, 0) is 12.1 Å². The first-order valence-electron chi connectivity index (χ1n) is 4.73. The van der Waals surface area contributed by atoms with Gasteiger partial charge in [0.1, 0.15) is 11.4 Å². The number of carbonyl (C=O) groups is 1. The highest BCUT2D eigenvalue weighted by atomic mass is 79.9. The number of halogens is 2. The second-order valence-corrected chi connectivity index (χ2v) is 4.40. The average molecular weight is 303 g/mol. The fraction of sp³-hybridized carbons (Fsp3) is 0.273. The maximum absolute atomic E-state index is 13.7. The molecule has 0 aliphatic carbocycles. The summed E-state index contributed by atoms with van der Waals surface area (Å²) in [6.45, 7) is 0. The van der Waals surface area contributed by atoms with Gasteiger partial charge in [-0.2, -0.15) is 0 Å². The highest BCUT2D eigenvalue weighted by molar-refractivity contribution is 9.10. The van der Waals surface area contributed by atoms with E-state index in [9.17, 15) is 9.18 Å². The molecule has 0 heterocycles. The highest BCUT2D eigenvalue weighted by Gasteiger charge is 2.18. The van der Waals surface area contributed by atoms with E-state index < -0.39 is 11.8 Å². The van der Waals surface area contributed by atoms with Crippen LogP contribution in [0.15, 0.2) is 21.6 Å². The van der Waals surface area contributed by atoms with E-state index in [2.05, 4.69) is 25.7 Å². The molecule has 0 saturated heterocycles. The molecule has 0 atom stereocenters. The quantitative estimate of drug-likeness (QED) is 0.490. The summed E-state index contributed by atoms with van der Waals surface area (Å²) in [7, 11) is 4.74. The lowest BCUT2D eigenvalue weighted by atomic mass is 10.1. The average Bonchev–Trinajstić information content (AvgIpc) is 2.24. The summed E-state index contributed by atoms with van der Waals surface area (Å²) in [6.07, 6.45) is 1.48. The van der Waals surface area contributed by atoms with Crippen LogP contribution in [0.4, 0.5) is 10.1 Å². The zero-order valence-corrected chi connectivity index (χ0v) is 11.3. The zero-order chi connectivity index (χ0) is 13.0. The van der Waals surface area contributed by atoms with Crippen LogP contribution in [0.1, 0.15) is 10.4 Å². The first-order chi connectivity index (χ1) is 7.95. The molecule has 17 heavy (non-hydrogen) atoms. The van der Waals surface area contributed by atoms with Gasteiger partial charge in [0.05, 0.1) is 19.1 Å². The number of nitrogens with zero attached hydrogens (tertiary/aromatic N) is 2. The Morgan fingerprint density at radius 3 is 2.71 bits per heavy atom. The monoisotopic (exact) mass is 302 g/mol. The van der Waals surface area contributed by atoms with E-state index in [1.165, 1.54) is 19.5 Å². The molecule has 4 nitrogen and oxygen atoms in total. The Balaban J connectivity index is 3.30. The molecule has 0 amide bonds. The Kier molecular flexibility index (Phi) is 4.62. The van der Waals surface area contributed by atoms with Crippen LogP contribution in [0.5, 0.6) is 0 Å². The minimum Gasteiger partial charge on any atom is -0.465 e. The van der Waals surface area contributed by atoms with Crippen molar-refractivity contribution in [1.82, 2.24) is 4.90 Å². The van der Waals surface area contributed by atoms with Crippen LogP contribution in [-0.2, 0) is 4.74 Å². The number of hydrogen-bond acceptors (Lipinski definition) is 3. The standard InChI is InChI=1S/C11H12BrFN2O2/c1-15(2)6-14-9-5-7(12)4-8(13)10(9)11(16)17-3/h4-6H,1-3H3/b14-6+. The van der Waals surface area contributed by atoms with Gasteiger partial charge in [-0.25, -0.2) is 14.2 Å². The predicted molar refractivity (Wildman–Crippen MR) is 67.3 cm³/mol. The van der Waals surface area contributed by atoms with Crippen LogP contribution in [0.25, 0.3) is 0 Å². The summed E-state index contributed by atoms with van der Waals surface area (Å²) in [5.74, 6) is -1.42. The molecular formula is C11H12BrFN2O2. The molecule has 0 aliphatic heterocycles. The third kappa shape index (κ3) is 3.52. The minimum atomic E-state index is -0.749. The van der Waals surface area contributed by atoms with E-state index >= 15 is 0 Å². The maximum Gasteiger partial charge on any atom is 0.343 e. The van der Waals surface area contributed by atoms with Crippen molar-refractivity contribution in [1.29, 1.82) is 0 Å². The molecule has 0 N–H and O–H groups in total. The highest BCUT2D eigenvalue weighted by Crippen LogP contribution is 2.27. The van der Waals surface area contributed by atoms with Gasteiger partial charge in [0.2, 0.25) is 0 Å². The molecule has 0 fully saturated rings. The Morgan fingerprint density at radius 1 is 1.53 bits per heavy atom. The summed E-state index contributed by atoms with van der Waals surface area (Å²) in [5, 5.41) is 0. The van der Waals surface area contributed by atoms with Crippen molar-refractivity contribution in [2.24, 2.45) is 4.99 Å². The number of methoxy groups -OCH3 is 1. The molecular weight excluding hydrogens is 291 g/mol. The molecule has 0 unspecified atom stereocenters. The van der Waals surface area contributed by atoms with Gasteiger partial charge in [-0.1, -0.05) is 15.9 Å². The molecule has 0 radical (unpaired) electrons. The second kappa shape index (κ2) is 5.77. The predicted octanol–water partition coefficient (Wildman–Crippen LogP) is 2.60. The first kappa shape index (κ1) is 13.6. The minimum absolute atomic E-state index is 0.172. The van der Waals surface area contributed by atoms with Crippen LogP contribution in [0.3, 0.4) is 0 Å². The number of ether oxygens (including phenoxy) is 1. The third-order valence-electron chi connectivity index (χ3n) is 1.85. The molecule has 92 valence electrons. The van der Waals surface area contributed by atoms with E-state index in [4.69, 9.17) is 0 Å². The number of rotatable bonds is 3. The van der Waals surface area contributed by atoms with E-state index in [1.54, 1.807) is 25.1 Å². The normalized spacial score (nSPS) is 10.6. The first-order valence-corrected chi connectivity index (χ1v) is 5.53. The summed E-state index contributed by atoms with van der Waals surface area (Å²) in [6, 6.07) is 2.75. The topological polar surface area (TPSA) is 41.9 Å². The van der Waals surface area contributed by atoms with E-state index in [1.807, 2.05) is 0 Å². The summed E-state index contributed by atoms with van der Waals surface area (Å²) >= 11 is 3.15. The molecule has 0 aliphatic rings. The van der Waals surface area contributed by atoms with Gasteiger partial charge in [-0.3, -0.25) is 0 Å². The van der Waals surface area contributed by atoms with Crippen molar-refractivity contribution in [3.8, 4) is 0 Å². The molecule has 0 spiro atoms. The third-order valence-corrected chi connectivity index (χ3v) is 2.31. The molecule has 0 bridgehead atoms. The van der Waals surface area contributed by atoms with E-state index in [0.717, 1.165) is 0 Å². The van der Waals surface area contributed by atoms with Crippen molar-refractivity contribution >= 4 is 33.9 Å². The zero-order valence-electron chi connectivity index (χ0n) is 9.70. The fourth-order valence-electron chi connectivity index (χ4n) is 1.14. The van der Waals surface area contributed by atoms with Gasteiger partial charge in [0.25, 0.3) is 0 Å². The summed E-state index contributed by atoms with van der Waals surface area (Å²) in [4.78, 5) is 17.2. The fourth-order valence-corrected chi connectivity index (χ4v) is 1.56. The van der Waals surface area contributed by atoms with Crippen molar-refractivity contribution < 1.29 is 13.9 Å². The van der Waals surface area contributed by atoms with Gasteiger partial charge in [-0.15, -0.1) is 0 Å². The van der Waals surface area contributed by atoms with Crippen LogP contribution in [0, 0.1) is 5.82 Å². The van der Waals surface area contributed by atoms with Crippen LogP contribution in [-0.4, -0.2) is 38.4 Å². The second-order valence-electron chi connectivity index (χ2n) is 3.48. The number of carbonyl (C=O) groups excluding carboxylic acids is 1. The Bertz CT molecular complexity index is 461. The van der Waals surface area contributed by atoms with Crippen LogP contribution < -0.4 is 0 Å². The van der Waals surface area contributed by atoms with Crippen molar-refractivity contribution in [3.63, 3.8) is 0 Å². The molecule has 1 aromatic rings.